The molecule has 0 radical (unpaired) electrons. The van der Waals surface area contributed by atoms with E-state index >= 15 is 0 Å². The molecule has 2 aromatic rings. The Balaban J connectivity index is 1.70. The highest BCUT2D eigenvalue weighted by Gasteiger charge is 2.01. The average molecular weight is 260 g/mol. The zero-order chi connectivity index (χ0) is 12.8. The third-order valence-electron chi connectivity index (χ3n) is 2.99. The summed E-state index contributed by atoms with van der Waals surface area (Å²) in [6.45, 7) is 2.18. The van der Waals surface area contributed by atoms with Gasteiger partial charge in [0.1, 0.15) is 0 Å². The molecule has 3 heteroatoms. The number of rotatable bonds is 6. The van der Waals surface area contributed by atoms with Crippen molar-refractivity contribution in [1.82, 2.24) is 4.90 Å². The van der Waals surface area contributed by atoms with E-state index in [0.717, 1.165) is 25.2 Å². The minimum absolute atomic E-state index is 0.841. The summed E-state index contributed by atoms with van der Waals surface area (Å²) in [4.78, 5) is 3.81. The van der Waals surface area contributed by atoms with Crippen molar-refractivity contribution in [1.29, 1.82) is 0 Å². The maximum atomic E-state index is 5.67. The van der Waals surface area contributed by atoms with Gasteiger partial charge in [-0.05, 0) is 55.6 Å². The van der Waals surface area contributed by atoms with E-state index in [1.54, 1.807) is 0 Å². The SMILES string of the molecule is CN(CCCc1ccc(N)cc1)Cc1cccs1. The van der Waals surface area contributed by atoms with Gasteiger partial charge in [-0.2, -0.15) is 0 Å². The number of anilines is 1. The Bertz CT molecular complexity index is 448. The number of thiophene rings is 1. The first-order valence-corrected chi connectivity index (χ1v) is 7.17. The maximum absolute atomic E-state index is 5.67. The van der Waals surface area contributed by atoms with E-state index in [2.05, 4.69) is 41.6 Å². The van der Waals surface area contributed by atoms with Crippen molar-refractivity contribution in [2.24, 2.45) is 0 Å². The molecule has 0 aliphatic carbocycles. The van der Waals surface area contributed by atoms with Crippen molar-refractivity contribution >= 4 is 17.0 Å². The molecule has 18 heavy (non-hydrogen) atoms. The minimum Gasteiger partial charge on any atom is -0.399 e. The van der Waals surface area contributed by atoms with Crippen LogP contribution in [0.2, 0.25) is 0 Å². The van der Waals surface area contributed by atoms with Gasteiger partial charge in [-0.1, -0.05) is 18.2 Å². The van der Waals surface area contributed by atoms with E-state index in [1.807, 2.05) is 23.5 Å². The van der Waals surface area contributed by atoms with Crippen LogP contribution in [0.5, 0.6) is 0 Å². The molecule has 0 atom stereocenters. The molecule has 1 aromatic heterocycles. The van der Waals surface area contributed by atoms with Crippen LogP contribution in [0.25, 0.3) is 0 Å². The quantitative estimate of drug-likeness (QED) is 0.807. The van der Waals surface area contributed by atoms with E-state index in [4.69, 9.17) is 5.73 Å². The van der Waals surface area contributed by atoms with Crippen molar-refractivity contribution in [2.45, 2.75) is 19.4 Å². The fraction of sp³-hybridized carbons (Fsp3) is 0.333. The summed E-state index contributed by atoms with van der Waals surface area (Å²) < 4.78 is 0. The second-order valence-corrected chi connectivity index (χ2v) is 5.69. The molecule has 96 valence electrons. The van der Waals surface area contributed by atoms with Gasteiger partial charge in [-0.3, -0.25) is 0 Å². The second-order valence-electron chi connectivity index (χ2n) is 4.66. The molecule has 2 N–H and O–H groups in total. The lowest BCUT2D eigenvalue weighted by molar-refractivity contribution is 0.325. The Morgan fingerprint density at radius 3 is 2.61 bits per heavy atom. The van der Waals surface area contributed by atoms with Crippen LogP contribution in [0, 0.1) is 0 Å². The number of aryl methyl sites for hydroxylation is 1. The van der Waals surface area contributed by atoms with Gasteiger partial charge in [-0.15, -0.1) is 11.3 Å². The van der Waals surface area contributed by atoms with Crippen LogP contribution in [0.1, 0.15) is 16.9 Å². The van der Waals surface area contributed by atoms with Crippen LogP contribution >= 0.6 is 11.3 Å². The molecule has 0 saturated carbocycles. The Kier molecular flexibility index (Phi) is 4.79. The van der Waals surface area contributed by atoms with Gasteiger partial charge >= 0.3 is 0 Å². The summed E-state index contributed by atoms with van der Waals surface area (Å²) >= 11 is 1.83. The van der Waals surface area contributed by atoms with Crippen LogP contribution in [0.15, 0.2) is 41.8 Å². The smallest absolute Gasteiger partial charge is 0.0324 e. The van der Waals surface area contributed by atoms with Gasteiger partial charge in [0.2, 0.25) is 0 Å². The van der Waals surface area contributed by atoms with Crippen molar-refractivity contribution in [2.75, 3.05) is 19.3 Å². The van der Waals surface area contributed by atoms with Gasteiger partial charge in [0.05, 0.1) is 0 Å². The topological polar surface area (TPSA) is 29.3 Å². The number of benzene rings is 1. The van der Waals surface area contributed by atoms with Crippen LogP contribution < -0.4 is 5.73 Å². The van der Waals surface area contributed by atoms with Gasteiger partial charge in [0, 0.05) is 17.1 Å². The molecular formula is C15H20N2S. The normalized spacial score (nSPS) is 11.0. The van der Waals surface area contributed by atoms with Crippen molar-refractivity contribution in [3.05, 3.63) is 52.2 Å². The van der Waals surface area contributed by atoms with Crippen LogP contribution in [0.4, 0.5) is 5.69 Å². The fourth-order valence-electron chi connectivity index (χ4n) is 1.99. The Hall–Kier alpha value is -1.32. The molecular weight excluding hydrogens is 240 g/mol. The Morgan fingerprint density at radius 2 is 1.94 bits per heavy atom. The van der Waals surface area contributed by atoms with Gasteiger partial charge in [0.15, 0.2) is 0 Å². The monoisotopic (exact) mass is 260 g/mol. The first-order valence-electron chi connectivity index (χ1n) is 6.29. The van der Waals surface area contributed by atoms with Gasteiger partial charge < -0.3 is 10.6 Å². The molecule has 0 bridgehead atoms. The second kappa shape index (κ2) is 6.57. The molecule has 0 fully saturated rings. The molecule has 0 aliphatic heterocycles. The lowest BCUT2D eigenvalue weighted by atomic mass is 10.1. The molecule has 0 unspecified atom stereocenters. The highest BCUT2D eigenvalue weighted by molar-refractivity contribution is 7.09. The van der Waals surface area contributed by atoms with E-state index in [-0.39, 0.29) is 0 Å². The molecule has 2 nitrogen and oxygen atoms in total. The standard InChI is InChI=1S/C15H20N2S/c1-17(12-15-5-3-11-18-15)10-2-4-13-6-8-14(16)9-7-13/h3,5-9,11H,2,4,10,12,16H2,1H3. The highest BCUT2D eigenvalue weighted by atomic mass is 32.1. The van der Waals surface area contributed by atoms with E-state index in [9.17, 15) is 0 Å². The summed E-state index contributed by atoms with van der Waals surface area (Å²) in [6.07, 6.45) is 2.31. The first-order chi connectivity index (χ1) is 8.74. The Labute approximate surface area is 113 Å². The average Bonchev–Trinajstić information content (AvgIpc) is 2.84. The minimum atomic E-state index is 0.841. The summed E-state index contributed by atoms with van der Waals surface area (Å²) in [6, 6.07) is 12.5. The van der Waals surface area contributed by atoms with Crippen molar-refractivity contribution in [3.8, 4) is 0 Å². The first kappa shape index (κ1) is 13.1. The van der Waals surface area contributed by atoms with Crippen molar-refractivity contribution < 1.29 is 0 Å². The number of nitrogen functional groups attached to an aromatic ring is 1. The van der Waals surface area contributed by atoms with E-state index < -0.39 is 0 Å². The predicted octanol–water partition coefficient (Wildman–Crippen LogP) is 3.39. The number of hydrogen-bond acceptors (Lipinski definition) is 3. The molecule has 0 saturated heterocycles. The fourth-order valence-corrected chi connectivity index (χ4v) is 2.77. The third-order valence-corrected chi connectivity index (χ3v) is 3.85. The van der Waals surface area contributed by atoms with Crippen molar-refractivity contribution in [3.63, 3.8) is 0 Å². The zero-order valence-electron chi connectivity index (χ0n) is 10.8. The molecule has 0 amide bonds. The van der Waals surface area contributed by atoms with Crippen LogP contribution in [-0.4, -0.2) is 18.5 Å². The summed E-state index contributed by atoms with van der Waals surface area (Å²) in [7, 11) is 2.18. The lowest BCUT2D eigenvalue weighted by Crippen LogP contribution is -2.18. The van der Waals surface area contributed by atoms with E-state index in [1.165, 1.54) is 16.9 Å². The van der Waals surface area contributed by atoms with Crippen LogP contribution in [0.3, 0.4) is 0 Å². The molecule has 2 rings (SSSR count). The van der Waals surface area contributed by atoms with E-state index in [0.29, 0.717) is 0 Å². The highest BCUT2D eigenvalue weighted by Crippen LogP contribution is 2.12. The molecule has 0 spiro atoms. The van der Waals surface area contributed by atoms with Gasteiger partial charge in [-0.25, -0.2) is 0 Å². The summed E-state index contributed by atoms with van der Waals surface area (Å²) in [5.74, 6) is 0. The van der Waals surface area contributed by atoms with Gasteiger partial charge in [0.25, 0.3) is 0 Å². The summed E-state index contributed by atoms with van der Waals surface area (Å²) in [5.41, 5.74) is 7.88. The molecule has 1 aromatic carbocycles. The third kappa shape index (κ3) is 4.17. The Morgan fingerprint density at radius 1 is 1.17 bits per heavy atom. The van der Waals surface area contributed by atoms with Crippen LogP contribution in [-0.2, 0) is 13.0 Å². The summed E-state index contributed by atoms with van der Waals surface area (Å²) in [5, 5.41) is 2.14. The molecule has 1 heterocycles. The predicted molar refractivity (Wildman–Crippen MR) is 79.8 cm³/mol. The number of nitrogens with zero attached hydrogens (tertiary/aromatic N) is 1. The maximum Gasteiger partial charge on any atom is 0.0324 e. The number of hydrogen-bond donors (Lipinski definition) is 1. The zero-order valence-corrected chi connectivity index (χ0v) is 11.6. The number of nitrogens with two attached hydrogens (primary N) is 1. The lowest BCUT2D eigenvalue weighted by Gasteiger charge is -2.15. The molecule has 0 aliphatic rings. The largest absolute Gasteiger partial charge is 0.399 e.